The van der Waals surface area contributed by atoms with Gasteiger partial charge in [0, 0.05) is 32.7 Å². The van der Waals surface area contributed by atoms with Crippen LogP contribution in [0.5, 0.6) is 5.75 Å². The van der Waals surface area contributed by atoms with Crippen LogP contribution in [0.4, 0.5) is 4.79 Å². The minimum absolute atomic E-state index is 0.261. The zero-order valence-electron chi connectivity index (χ0n) is 16.3. The van der Waals surface area contributed by atoms with Crippen molar-refractivity contribution in [2.24, 2.45) is 0 Å². The first-order chi connectivity index (χ1) is 13.3. The molecule has 0 aliphatic carbocycles. The molecular weight excluding hydrogens is 366 g/mol. The summed E-state index contributed by atoms with van der Waals surface area (Å²) in [4.78, 5) is 33.7. The van der Waals surface area contributed by atoms with E-state index in [4.69, 9.17) is 9.47 Å². The van der Waals surface area contributed by atoms with E-state index in [2.05, 4.69) is 24.5 Å². The van der Waals surface area contributed by atoms with Crippen LogP contribution in [-0.2, 0) is 4.74 Å². The van der Waals surface area contributed by atoms with E-state index in [0.717, 1.165) is 19.6 Å². The van der Waals surface area contributed by atoms with Gasteiger partial charge in [-0.05, 0) is 32.9 Å². The molecule has 0 atom stereocenters. The zero-order chi connectivity index (χ0) is 20.1. The number of aromatic amines is 1. The van der Waals surface area contributed by atoms with Crippen molar-refractivity contribution in [2.75, 3.05) is 39.3 Å². The largest absolute Gasteiger partial charge is 0.491 e. The fourth-order valence-corrected chi connectivity index (χ4v) is 2.72. The first-order valence-corrected chi connectivity index (χ1v) is 9.16. The number of ether oxygens (including phenoxy) is 2. The van der Waals surface area contributed by atoms with Crippen molar-refractivity contribution in [3.8, 4) is 17.3 Å². The molecule has 0 spiro atoms. The van der Waals surface area contributed by atoms with Gasteiger partial charge in [0.25, 0.3) is 0 Å². The normalized spacial score (nSPS) is 15.5. The van der Waals surface area contributed by atoms with Crippen LogP contribution in [0.3, 0.4) is 0 Å². The minimum Gasteiger partial charge on any atom is -0.491 e. The Morgan fingerprint density at radius 1 is 1.25 bits per heavy atom. The van der Waals surface area contributed by atoms with Crippen LogP contribution in [0.1, 0.15) is 20.8 Å². The van der Waals surface area contributed by atoms with Gasteiger partial charge >= 0.3 is 11.8 Å². The number of rotatable bonds is 5. The summed E-state index contributed by atoms with van der Waals surface area (Å²) < 4.78 is 15.6. The van der Waals surface area contributed by atoms with Crippen LogP contribution in [0.25, 0.3) is 11.5 Å². The Hall–Kier alpha value is -2.88. The molecule has 3 heterocycles. The second kappa shape index (κ2) is 8.42. The lowest BCUT2D eigenvalue weighted by molar-refractivity contribution is 0.0137. The summed E-state index contributed by atoms with van der Waals surface area (Å²) in [6.45, 7) is 9.69. The Labute approximate surface area is 162 Å². The molecule has 0 saturated carbocycles. The molecule has 3 rings (SSSR count). The third kappa shape index (κ3) is 5.56. The third-order valence-corrected chi connectivity index (χ3v) is 4.12. The number of carbonyl (C=O) groups excluding carboxylic acids is 1. The lowest BCUT2D eigenvalue weighted by atomic mass is 10.2. The van der Waals surface area contributed by atoms with Crippen molar-refractivity contribution in [3.63, 3.8) is 0 Å². The van der Waals surface area contributed by atoms with Crippen LogP contribution in [0.2, 0.25) is 0 Å². The van der Waals surface area contributed by atoms with Gasteiger partial charge in [-0.2, -0.15) is 0 Å². The van der Waals surface area contributed by atoms with Gasteiger partial charge in [-0.25, -0.2) is 14.6 Å². The number of hydrogen-bond donors (Lipinski definition) is 1. The average Bonchev–Trinajstić information content (AvgIpc) is 3.08. The predicted molar refractivity (Wildman–Crippen MR) is 100 cm³/mol. The van der Waals surface area contributed by atoms with Crippen LogP contribution in [0.15, 0.2) is 27.6 Å². The summed E-state index contributed by atoms with van der Waals surface area (Å²) in [6.07, 6.45) is 1.31. The Bertz CT molecular complexity index is 831. The lowest BCUT2D eigenvalue weighted by Gasteiger charge is -2.35. The topological polar surface area (TPSA) is 114 Å². The molecule has 28 heavy (non-hydrogen) atoms. The molecule has 152 valence electrons. The Morgan fingerprint density at radius 2 is 2.00 bits per heavy atom. The van der Waals surface area contributed by atoms with E-state index in [-0.39, 0.29) is 11.9 Å². The molecule has 0 unspecified atom stereocenters. The Balaban J connectivity index is 1.39. The lowest BCUT2D eigenvalue weighted by Crippen LogP contribution is -2.50. The highest BCUT2D eigenvalue weighted by atomic mass is 16.6. The molecule has 1 aliphatic heterocycles. The fraction of sp³-hybridized carbons (Fsp3) is 0.556. The molecule has 0 aromatic carbocycles. The molecule has 1 amide bonds. The molecule has 10 heteroatoms. The second-order valence-corrected chi connectivity index (χ2v) is 7.48. The number of nitrogens with one attached hydrogen (secondary N) is 1. The SMILES string of the molecule is CC(C)(C)OC(=O)N1CCN(CCOc2ccc(-c3noc(=O)[nH]3)nc2)CC1. The highest BCUT2D eigenvalue weighted by Crippen LogP contribution is 2.15. The predicted octanol–water partition coefficient (Wildman–Crippen LogP) is 1.36. The number of aromatic nitrogens is 3. The van der Waals surface area contributed by atoms with Crippen molar-refractivity contribution in [2.45, 2.75) is 26.4 Å². The zero-order valence-corrected chi connectivity index (χ0v) is 16.3. The maximum atomic E-state index is 12.1. The van der Waals surface area contributed by atoms with E-state index < -0.39 is 11.4 Å². The minimum atomic E-state index is -0.621. The molecule has 1 fully saturated rings. The van der Waals surface area contributed by atoms with Gasteiger partial charge in [-0.15, -0.1) is 0 Å². The van der Waals surface area contributed by atoms with Gasteiger partial charge in [-0.1, -0.05) is 5.16 Å². The third-order valence-electron chi connectivity index (χ3n) is 4.12. The number of amides is 1. The van der Waals surface area contributed by atoms with E-state index in [1.807, 2.05) is 20.8 Å². The highest BCUT2D eigenvalue weighted by Gasteiger charge is 2.25. The quantitative estimate of drug-likeness (QED) is 0.813. The van der Waals surface area contributed by atoms with Crippen LogP contribution in [0, 0.1) is 0 Å². The first-order valence-electron chi connectivity index (χ1n) is 9.16. The van der Waals surface area contributed by atoms with E-state index in [0.29, 0.717) is 31.1 Å². The van der Waals surface area contributed by atoms with Crippen molar-refractivity contribution < 1.29 is 18.8 Å². The maximum Gasteiger partial charge on any atom is 0.439 e. The van der Waals surface area contributed by atoms with E-state index >= 15 is 0 Å². The van der Waals surface area contributed by atoms with E-state index in [1.54, 1.807) is 23.2 Å². The van der Waals surface area contributed by atoms with Gasteiger partial charge in [0.1, 0.15) is 23.7 Å². The highest BCUT2D eigenvalue weighted by molar-refractivity contribution is 5.68. The van der Waals surface area contributed by atoms with Crippen molar-refractivity contribution in [3.05, 3.63) is 28.9 Å². The molecular formula is C18H25N5O5. The van der Waals surface area contributed by atoms with E-state index in [1.165, 1.54) is 0 Å². The number of carbonyl (C=O) groups is 1. The average molecular weight is 391 g/mol. The number of hydrogen-bond acceptors (Lipinski definition) is 8. The molecule has 10 nitrogen and oxygen atoms in total. The van der Waals surface area contributed by atoms with Crippen molar-refractivity contribution >= 4 is 6.09 Å². The fourth-order valence-electron chi connectivity index (χ4n) is 2.72. The molecule has 1 saturated heterocycles. The molecule has 1 aliphatic rings. The molecule has 1 N–H and O–H groups in total. The van der Waals surface area contributed by atoms with Gasteiger partial charge in [0.2, 0.25) is 5.82 Å². The number of piperazine rings is 1. The van der Waals surface area contributed by atoms with Gasteiger partial charge in [0.15, 0.2) is 0 Å². The van der Waals surface area contributed by atoms with Crippen molar-refractivity contribution in [1.82, 2.24) is 24.9 Å². The molecule has 0 bridgehead atoms. The summed E-state index contributed by atoms with van der Waals surface area (Å²) in [5.74, 6) is 0.283. The van der Waals surface area contributed by atoms with Gasteiger partial charge in [-0.3, -0.25) is 14.4 Å². The monoisotopic (exact) mass is 391 g/mol. The smallest absolute Gasteiger partial charge is 0.439 e. The summed E-state index contributed by atoms with van der Waals surface area (Å²) in [6, 6.07) is 3.46. The molecule has 2 aromatic heterocycles. The molecule has 0 radical (unpaired) electrons. The second-order valence-electron chi connectivity index (χ2n) is 7.48. The Kier molecular flexibility index (Phi) is 5.98. The summed E-state index contributed by atoms with van der Waals surface area (Å²) in [5.41, 5.74) is 0.0192. The van der Waals surface area contributed by atoms with E-state index in [9.17, 15) is 9.59 Å². The standard InChI is InChI=1S/C18H25N5O5/c1-18(2,3)27-17(25)23-8-6-22(7-9-23)10-11-26-13-4-5-14(19-12-13)15-20-16(24)28-21-15/h4-5,12H,6-11H2,1-3H3,(H,20,21,24). The number of pyridine rings is 1. The summed E-state index contributed by atoms with van der Waals surface area (Å²) >= 11 is 0. The van der Waals surface area contributed by atoms with Crippen LogP contribution >= 0.6 is 0 Å². The summed E-state index contributed by atoms with van der Waals surface area (Å²) in [5, 5.41) is 3.59. The van der Waals surface area contributed by atoms with Crippen molar-refractivity contribution in [1.29, 1.82) is 0 Å². The number of nitrogens with zero attached hydrogens (tertiary/aromatic N) is 4. The van der Waals surface area contributed by atoms with Gasteiger partial charge < -0.3 is 14.4 Å². The number of H-pyrrole nitrogens is 1. The summed E-state index contributed by atoms with van der Waals surface area (Å²) in [7, 11) is 0. The first kappa shape index (κ1) is 19.9. The molecule has 2 aromatic rings. The maximum absolute atomic E-state index is 12.1. The Morgan fingerprint density at radius 3 is 2.57 bits per heavy atom. The van der Waals surface area contributed by atoms with Crippen LogP contribution in [-0.4, -0.2) is 75.9 Å². The van der Waals surface area contributed by atoms with Gasteiger partial charge in [0.05, 0.1) is 6.20 Å². The van der Waals surface area contributed by atoms with Crippen LogP contribution < -0.4 is 10.5 Å².